The molecule has 33 heavy (non-hydrogen) atoms. The van der Waals surface area contributed by atoms with Crippen LogP contribution >= 0.6 is 11.3 Å². The Morgan fingerprint density at radius 1 is 1.33 bits per heavy atom. The lowest BCUT2D eigenvalue weighted by Crippen LogP contribution is -2.29. The number of fused-ring (bicyclic) bond motifs is 2. The van der Waals surface area contributed by atoms with E-state index in [1.165, 1.54) is 16.9 Å². The standard InChI is InChI=1S/C24H27N3O5S/c1-4-30-24(29)20-13(2)19-22(28)25-21(26-23(19)33-20)14(3)27-9-5-6-16(27)15-7-8-17-18(12-15)32-11-10-31-17/h7-8,12,14,16H,4-6,9-11H2,1-3H3,(H,25,26,28). The summed E-state index contributed by atoms with van der Waals surface area (Å²) in [6.07, 6.45) is 2.07. The number of hydrogen-bond donors (Lipinski definition) is 1. The van der Waals surface area contributed by atoms with Crippen LogP contribution in [0.15, 0.2) is 23.0 Å². The molecule has 2 aliphatic rings. The van der Waals surface area contributed by atoms with Crippen LogP contribution < -0.4 is 15.0 Å². The zero-order valence-electron chi connectivity index (χ0n) is 19.0. The number of likely N-dealkylation sites (tertiary alicyclic amines) is 1. The van der Waals surface area contributed by atoms with Crippen molar-refractivity contribution in [2.45, 2.75) is 45.7 Å². The summed E-state index contributed by atoms with van der Waals surface area (Å²) in [5.41, 5.74) is 1.57. The molecule has 0 amide bonds. The molecule has 0 aliphatic carbocycles. The summed E-state index contributed by atoms with van der Waals surface area (Å²) in [5, 5.41) is 0.462. The number of thiophene rings is 1. The normalized spacial score (nSPS) is 19.1. The van der Waals surface area contributed by atoms with Crippen molar-refractivity contribution >= 4 is 27.5 Å². The van der Waals surface area contributed by atoms with Gasteiger partial charge in [-0.25, -0.2) is 9.78 Å². The van der Waals surface area contributed by atoms with E-state index in [2.05, 4.69) is 28.9 Å². The number of H-pyrrole nitrogens is 1. The van der Waals surface area contributed by atoms with Crippen LogP contribution in [0.5, 0.6) is 11.5 Å². The Balaban J connectivity index is 1.47. The summed E-state index contributed by atoms with van der Waals surface area (Å²) < 4.78 is 16.6. The van der Waals surface area contributed by atoms with E-state index in [-0.39, 0.29) is 24.2 Å². The lowest BCUT2D eigenvalue weighted by molar-refractivity contribution is 0.0531. The number of aromatic nitrogens is 2. The molecular weight excluding hydrogens is 442 g/mol. The Bertz CT molecular complexity index is 1270. The molecule has 0 saturated carbocycles. The van der Waals surface area contributed by atoms with Gasteiger partial charge in [-0.3, -0.25) is 9.69 Å². The quantitative estimate of drug-likeness (QED) is 0.561. The average Bonchev–Trinajstić information content (AvgIpc) is 3.43. The van der Waals surface area contributed by atoms with E-state index in [9.17, 15) is 9.59 Å². The number of hydrogen-bond acceptors (Lipinski definition) is 8. The van der Waals surface area contributed by atoms with Crippen LogP contribution in [0.2, 0.25) is 0 Å². The molecule has 3 aromatic rings. The summed E-state index contributed by atoms with van der Waals surface area (Å²) in [7, 11) is 0. The third-order valence-corrected chi connectivity index (χ3v) is 7.58. The van der Waals surface area contributed by atoms with E-state index in [1.54, 1.807) is 13.8 Å². The maximum atomic E-state index is 13.0. The van der Waals surface area contributed by atoms with Gasteiger partial charge in [0.25, 0.3) is 5.56 Å². The van der Waals surface area contributed by atoms with Crippen molar-refractivity contribution in [2.24, 2.45) is 0 Å². The van der Waals surface area contributed by atoms with Crippen molar-refractivity contribution in [3.8, 4) is 11.5 Å². The molecule has 5 rings (SSSR count). The third kappa shape index (κ3) is 3.89. The highest BCUT2D eigenvalue weighted by atomic mass is 32.1. The van der Waals surface area contributed by atoms with Crippen molar-refractivity contribution in [1.29, 1.82) is 0 Å². The van der Waals surface area contributed by atoms with Crippen LogP contribution in [0.25, 0.3) is 10.2 Å². The van der Waals surface area contributed by atoms with Gasteiger partial charge < -0.3 is 19.2 Å². The van der Waals surface area contributed by atoms with Gasteiger partial charge in [-0.2, -0.15) is 0 Å². The molecule has 0 radical (unpaired) electrons. The maximum absolute atomic E-state index is 13.0. The number of nitrogens with zero attached hydrogens (tertiary/aromatic N) is 2. The molecule has 174 valence electrons. The second-order valence-corrected chi connectivity index (χ2v) is 9.38. The van der Waals surface area contributed by atoms with Crippen LogP contribution in [0.3, 0.4) is 0 Å². The van der Waals surface area contributed by atoms with Gasteiger partial charge in [-0.05, 0) is 63.4 Å². The van der Waals surface area contributed by atoms with Gasteiger partial charge in [0.05, 0.1) is 18.0 Å². The van der Waals surface area contributed by atoms with Crippen LogP contribution in [0.4, 0.5) is 0 Å². The number of carbonyl (C=O) groups is 1. The molecule has 1 fully saturated rings. The second kappa shape index (κ2) is 8.79. The second-order valence-electron chi connectivity index (χ2n) is 8.38. The van der Waals surface area contributed by atoms with Gasteiger partial charge in [-0.15, -0.1) is 11.3 Å². The van der Waals surface area contributed by atoms with Crippen molar-refractivity contribution in [1.82, 2.24) is 14.9 Å². The average molecular weight is 470 g/mol. The highest BCUT2D eigenvalue weighted by Gasteiger charge is 2.33. The number of aryl methyl sites for hydroxylation is 1. The minimum absolute atomic E-state index is 0.101. The van der Waals surface area contributed by atoms with Gasteiger partial charge in [-0.1, -0.05) is 6.07 Å². The third-order valence-electron chi connectivity index (χ3n) is 6.42. The number of benzene rings is 1. The predicted octanol–water partition coefficient (Wildman–Crippen LogP) is 4.14. The Morgan fingerprint density at radius 2 is 2.12 bits per heavy atom. The lowest BCUT2D eigenvalue weighted by atomic mass is 10.0. The molecule has 4 heterocycles. The van der Waals surface area contributed by atoms with Crippen molar-refractivity contribution in [3.63, 3.8) is 0 Å². The molecular formula is C24H27N3O5S. The molecule has 2 unspecified atom stereocenters. The molecule has 9 heteroatoms. The van der Waals surface area contributed by atoms with Gasteiger partial charge in [0.2, 0.25) is 0 Å². The van der Waals surface area contributed by atoms with E-state index in [4.69, 9.17) is 19.2 Å². The highest BCUT2D eigenvalue weighted by Crippen LogP contribution is 2.41. The smallest absolute Gasteiger partial charge is 0.348 e. The van der Waals surface area contributed by atoms with Crippen molar-refractivity contribution in [2.75, 3.05) is 26.4 Å². The first-order chi connectivity index (χ1) is 16.0. The number of carbonyl (C=O) groups excluding carboxylic acids is 1. The van der Waals surface area contributed by atoms with Gasteiger partial charge in [0.1, 0.15) is 28.7 Å². The fraction of sp³-hybridized carbons (Fsp3) is 0.458. The first-order valence-electron chi connectivity index (χ1n) is 11.3. The van der Waals surface area contributed by atoms with Crippen molar-refractivity contribution in [3.05, 3.63) is 50.4 Å². The molecule has 1 saturated heterocycles. The largest absolute Gasteiger partial charge is 0.486 e. The Kier molecular flexibility index (Phi) is 5.84. The maximum Gasteiger partial charge on any atom is 0.348 e. The topological polar surface area (TPSA) is 93.8 Å². The number of ether oxygens (including phenoxy) is 3. The Hall–Kier alpha value is -2.91. The van der Waals surface area contributed by atoms with E-state index >= 15 is 0 Å². The number of rotatable bonds is 5. The molecule has 1 N–H and O–H groups in total. The number of aromatic amines is 1. The van der Waals surface area contributed by atoms with Crippen LogP contribution in [-0.2, 0) is 4.74 Å². The van der Waals surface area contributed by atoms with Crippen LogP contribution in [0.1, 0.15) is 65.4 Å². The lowest BCUT2D eigenvalue weighted by Gasteiger charge is -2.31. The summed E-state index contributed by atoms with van der Waals surface area (Å²) in [6.45, 7) is 7.91. The minimum Gasteiger partial charge on any atom is -0.486 e. The van der Waals surface area contributed by atoms with Crippen LogP contribution in [0, 0.1) is 6.92 Å². The van der Waals surface area contributed by atoms with E-state index in [0.29, 0.717) is 39.7 Å². The molecule has 1 aromatic carbocycles. The summed E-state index contributed by atoms with van der Waals surface area (Å²) in [6, 6.07) is 6.23. The Morgan fingerprint density at radius 3 is 2.91 bits per heavy atom. The molecule has 2 aromatic heterocycles. The van der Waals surface area contributed by atoms with Gasteiger partial charge in [0, 0.05) is 6.04 Å². The first kappa shape index (κ1) is 21.9. The van der Waals surface area contributed by atoms with Gasteiger partial charge >= 0.3 is 5.97 Å². The zero-order chi connectivity index (χ0) is 23.1. The molecule has 2 atom stereocenters. The van der Waals surface area contributed by atoms with E-state index < -0.39 is 5.97 Å². The first-order valence-corrected chi connectivity index (χ1v) is 12.1. The minimum atomic E-state index is -0.412. The SMILES string of the molecule is CCOC(=O)c1sc2nc(C(C)N3CCCC3c3ccc4c(c3)OCCO4)[nH]c(=O)c2c1C. The molecule has 8 nitrogen and oxygen atoms in total. The molecule has 2 aliphatic heterocycles. The van der Waals surface area contributed by atoms with Crippen LogP contribution in [-0.4, -0.2) is 47.2 Å². The summed E-state index contributed by atoms with van der Waals surface area (Å²) in [5.74, 6) is 1.76. The van der Waals surface area contributed by atoms with Crippen molar-refractivity contribution < 1.29 is 19.0 Å². The molecule has 0 bridgehead atoms. The fourth-order valence-electron chi connectivity index (χ4n) is 4.78. The zero-order valence-corrected chi connectivity index (χ0v) is 19.8. The predicted molar refractivity (Wildman–Crippen MR) is 125 cm³/mol. The highest BCUT2D eigenvalue weighted by molar-refractivity contribution is 7.20. The Labute approximate surface area is 195 Å². The fourth-order valence-corrected chi connectivity index (χ4v) is 5.87. The van der Waals surface area contributed by atoms with Gasteiger partial charge in [0.15, 0.2) is 11.5 Å². The monoisotopic (exact) mass is 469 g/mol. The van der Waals surface area contributed by atoms with E-state index in [1.807, 2.05) is 6.07 Å². The summed E-state index contributed by atoms with van der Waals surface area (Å²) >= 11 is 1.22. The molecule has 0 spiro atoms. The number of esters is 1. The number of nitrogens with one attached hydrogen (secondary N) is 1. The summed E-state index contributed by atoms with van der Waals surface area (Å²) in [4.78, 5) is 36.4. The van der Waals surface area contributed by atoms with E-state index in [0.717, 1.165) is 30.9 Å².